The van der Waals surface area contributed by atoms with Crippen molar-refractivity contribution >= 4 is 29.2 Å². The molecule has 2 aliphatic heterocycles. The molecular formula is C23H25Cl2NO3. The third-order valence-corrected chi connectivity index (χ3v) is 6.85. The number of nitrogens with zero attached hydrogens (tertiary/aromatic N) is 1. The molecule has 4 rings (SSSR count). The fourth-order valence-corrected chi connectivity index (χ4v) is 5.06. The number of halogens is 2. The lowest BCUT2D eigenvalue weighted by molar-refractivity contribution is -0.162. The Labute approximate surface area is 181 Å². The maximum absolute atomic E-state index is 12.7. The number of esters is 1. The Morgan fingerprint density at radius 2 is 1.55 bits per heavy atom. The molecule has 0 N–H and O–H groups in total. The fourth-order valence-electron chi connectivity index (χ4n) is 4.81. The smallest absolute Gasteiger partial charge is 0.312 e. The van der Waals surface area contributed by atoms with E-state index in [9.17, 15) is 4.79 Å². The van der Waals surface area contributed by atoms with Gasteiger partial charge in [0.1, 0.15) is 6.10 Å². The Morgan fingerprint density at radius 3 is 2.07 bits per heavy atom. The van der Waals surface area contributed by atoms with Crippen molar-refractivity contribution in [1.29, 1.82) is 0 Å². The average Bonchev–Trinajstić information content (AvgIpc) is 2.96. The standard InChI is InChI=1S/C23H25Cl2NO3/c1-26-18-11-12-19(26)21(23(27)28-2)20(13-18)29-22(14-3-7-16(24)8-4-14)15-5-9-17(25)10-6-15/h3-10,18-22H,11-13H2,1-2H3/t18-,19+,20+,21+/m1/s1. The number of piperidine rings is 1. The van der Waals surface area contributed by atoms with Crippen LogP contribution in [0.4, 0.5) is 0 Å². The molecule has 2 bridgehead atoms. The quantitative estimate of drug-likeness (QED) is 0.613. The van der Waals surface area contributed by atoms with E-state index in [2.05, 4.69) is 11.9 Å². The van der Waals surface area contributed by atoms with Crippen molar-refractivity contribution in [1.82, 2.24) is 4.90 Å². The van der Waals surface area contributed by atoms with Crippen LogP contribution in [0.1, 0.15) is 36.5 Å². The molecule has 4 nitrogen and oxygen atoms in total. The molecule has 4 atom stereocenters. The van der Waals surface area contributed by atoms with Crippen LogP contribution < -0.4 is 0 Å². The lowest BCUT2D eigenvalue weighted by Gasteiger charge is -2.42. The van der Waals surface area contributed by atoms with Crippen LogP contribution >= 0.6 is 23.2 Å². The lowest BCUT2D eigenvalue weighted by atomic mass is 9.87. The Kier molecular flexibility index (Phi) is 6.16. The van der Waals surface area contributed by atoms with E-state index in [1.54, 1.807) is 0 Å². The van der Waals surface area contributed by atoms with E-state index in [0.29, 0.717) is 16.1 Å². The molecule has 0 saturated carbocycles. The molecule has 29 heavy (non-hydrogen) atoms. The SMILES string of the molecule is COC(=O)[C@@H]1[C@@H](OC(c2ccc(Cl)cc2)c2ccc(Cl)cc2)C[C@H]2CC[C@@H]1N2C. The summed E-state index contributed by atoms with van der Waals surface area (Å²) < 4.78 is 11.9. The maximum Gasteiger partial charge on any atom is 0.312 e. The molecule has 0 amide bonds. The molecule has 2 heterocycles. The van der Waals surface area contributed by atoms with E-state index >= 15 is 0 Å². The number of methoxy groups -OCH3 is 1. The van der Waals surface area contributed by atoms with Gasteiger partial charge >= 0.3 is 5.97 Å². The number of ether oxygens (including phenoxy) is 2. The zero-order chi connectivity index (χ0) is 20.5. The van der Waals surface area contributed by atoms with Gasteiger partial charge in [0.05, 0.1) is 19.1 Å². The second-order valence-corrected chi connectivity index (χ2v) is 8.78. The molecule has 0 unspecified atom stereocenters. The van der Waals surface area contributed by atoms with Gasteiger partial charge in [0.15, 0.2) is 0 Å². The van der Waals surface area contributed by atoms with Crippen molar-refractivity contribution in [2.24, 2.45) is 5.92 Å². The zero-order valence-corrected chi connectivity index (χ0v) is 18.1. The number of rotatable bonds is 5. The minimum Gasteiger partial charge on any atom is -0.469 e. The number of hydrogen-bond acceptors (Lipinski definition) is 4. The summed E-state index contributed by atoms with van der Waals surface area (Å²) in [5.41, 5.74) is 1.98. The van der Waals surface area contributed by atoms with Crippen LogP contribution in [0.3, 0.4) is 0 Å². The van der Waals surface area contributed by atoms with Gasteiger partial charge in [-0.05, 0) is 61.7 Å². The first kappa shape index (κ1) is 20.7. The molecule has 2 aromatic carbocycles. The van der Waals surface area contributed by atoms with Crippen LogP contribution in [0.25, 0.3) is 0 Å². The van der Waals surface area contributed by atoms with Crippen LogP contribution in [0, 0.1) is 5.92 Å². The molecular weight excluding hydrogens is 409 g/mol. The largest absolute Gasteiger partial charge is 0.469 e. The number of hydrogen-bond donors (Lipinski definition) is 0. The van der Waals surface area contributed by atoms with Crippen LogP contribution in [0.5, 0.6) is 0 Å². The van der Waals surface area contributed by atoms with Gasteiger partial charge in [-0.3, -0.25) is 9.69 Å². The average molecular weight is 434 g/mol. The molecule has 6 heteroatoms. The van der Waals surface area contributed by atoms with E-state index in [-0.39, 0.29) is 30.1 Å². The number of carbonyl (C=O) groups is 1. The highest BCUT2D eigenvalue weighted by Gasteiger charge is 2.50. The van der Waals surface area contributed by atoms with Gasteiger partial charge in [-0.25, -0.2) is 0 Å². The Morgan fingerprint density at radius 1 is 1.00 bits per heavy atom. The van der Waals surface area contributed by atoms with Gasteiger partial charge in [-0.2, -0.15) is 0 Å². The molecule has 2 fully saturated rings. The van der Waals surface area contributed by atoms with Crippen LogP contribution in [0.15, 0.2) is 48.5 Å². The van der Waals surface area contributed by atoms with Gasteiger partial charge < -0.3 is 9.47 Å². The highest BCUT2D eigenvalue weighted by molar-refractivity contribution is 6.30. The van der Waals surface area contributed by atoms with Crippen molar-refractivity contribution in [2.45, 2.75) is 43.6 Å². The molecule has 2 saturated heterocycles. The Balaban J connectivity index is 1.68. The highest BCUT2D eigenvalue weighted by atomic mass is 35.5. The topological polar surface area (TPSA) is 38.8 Å². The summed E-state index contributed by atoms with van der Waals surface area (Å²) in [4.78, 5) is 15.0. The van der Waals surface area contributed by atoms with Gasteiger partial charge in [0.25, 0.3) is 0 Å². The van der Waals surface area contributed by atoms with E-state index in [4.69, 9.17) is 32.7 Å². The van der Waals surface area contributed by atoms with Gasteiger partial charge in [0, 0.05) is 22.1 Å². The summed E-state index contributed by atoms with van der Waals surface area (Å²) in [7, 11) is 3.56. The predicted octanol–water partition coefficient (Wildman–Crippen LogP) is 5.12. The lowest BCUT2D eigenvalue weighted by Crippen LogP contribution is -2.53. The zero-order valence-electron chi connectivity index (χ0n) is 16.6. The maximum atomic E-state index is 12.7. The van der Waals surface area contributed by atoms with Crippen LogP contribution in [-0.4, -0.2) is 43.2 Å². The normalized spacial score (nSPS) is 26.7. The summed E-state index contributed by atoms with van der Waals surface area (Å²) in [5, 5.41) is 1.35. The van der Waals surface area contributed by atoms with E-state index in [1.807, 2.05) is 48.5 Å². The first-order chi connectivity index (χ1) is 14.0. The van der Waals surface area contributed by atoms with Crippen molar-refractivity contribution in [3.8, 4) is 0 Å². The summed E-state index contributed by atoms with van der Waals surface area (Å²) in [5.74, 6) is -0.496. The molecule has 2 aliphatic rings. The van der Waals surface area contributed by atoms with Crippen molar-refractivity contribution in [3.63, 3.8) is 0 Å². The first-order valence-corrected chi connectivity index (χ1v) is 10.7. The molecule has 0 radical (unpaired) electrons. The molecule has 0 spiro atoms. The summed E-state index contributed by atoms with van der Waals surface area (Å²) in [6.07, 6.45) is 2.36. The molecule has 0 aromatic heterocycles. The third kappa shape index (κ3) is 4.17. The van der Waals surface area contributed by atoms with Gasteiger partial charge in [0.2, 0.25) is 0 Å². The second-order valence-electron chi connectivity index (χ2n) is 7.91. The van der Waals surface area contributed by atoms with Crippen molar-refractivity contribution in [3.05, 3.63) is 69.7 Å². The Hall–Kier alpha value is -1.59. The molecule has 0 aliphatic carbocycles. The van der Waals surface area contributed by atoms with Crippen molar-refractivity contribution in [2.75, 3.05) is 14.2 Å². The minimum atomic E-state index is -0.315. The number of fused-ring (bicyclic) bond motifs is 2. The first-order valence-electron chi connectivity index (χ1n) is 9.94. The van der Waals surface area contributed by atoms with Gasteiger partial charge in [-0.1, -0.05) is 47.5 Å². The van der Waals surface area contributed by atoms with Crippen molar-refractivity contribution < 1.29 is 14.3 Å². The van der Waals surface area contributed by atoms with Gasteiger partial charge in [-0.15, -0.1) is 0 Å². The third-order valence-electron chi connectivity index (χ3n) is 6.34. The second kappa shape index (κ2) is 8.65. The predicted molar refractivity (Wildman–Crippen MR) is 114 cm³/mol. The Bertz CT molecular complexity index is 810. The summed E-state index contributed by atoms with van der Waals surface area (Å²) >= 11 is 12.2. The molecule has 154 valence electrons. The summed E-state index contributed by atoms with van der Waals surface area (Å²) in [6, 6.07) is 15.9. The van der Waals surface area contributed by atoms with Crippen LogP contribution in [0.2, 0.25) is 10.0 Å². The van der Waals surface area contributed by atoms with Crippen LogP contribution in [-0.2, 0) is 14.3 Å². The number of carbonyl (C=O) groups excluding carboxylic acids is 1. The fraction of sp³-hybridized carbons (Fsp3) is 0.435. The molecule has 2 aromatic rings. The van der Waals surface area contributed by atoms with E-state index in [0.717, 1.165) is 30.4 Å². The highest BCUT2D eigenvalue weighted by Crippen LogP contribution is 2.42. The van der Waals surface area contributed by atoms with E-state index in [1.165, 1.54) is 7.11 Å². The van der Waals surface area contributed by atoms with E-state index < -0.39 is 0 Å². The number of benzene rings is 2. The summed E-state index contributed by atoms with van der Waals surface area (Å²) in [6.45, 7) is 0. The monoisotopic (exact) mass is 433 g/mol. The minimum absolute atomic E-state index is 0.155.